The molecule has 280 valence electrons. The van der Waals surface area contributed by atoms with E-state index < -0.39 is 0 Å². The maximum atomic E-state index is 2.47. The zero-order valence-electron chi connectivity index (χ0n) is 34.0. The van der Waals surface area contributed by atoms with Crippen LogP contribution in [0.3, 0.4) is 0 Å². The zero-order chi connectivity index (χ0) is 39.4. The van der Waals surface area contributed by atoms with Crippen molar-refractivity contribution in [3.63, 3.8) is 0 Å². The minimum atomic E-state index is 0.0572. The molecule has 0 unspecified atom stereocenters. The summed E-state index contributed by atoms with van der Waals surface area (Å²) in [6.45, 7) is 15.5. The van der Waals surface area contributed by atoms with Gasteiger partial charge in [0.1, 0.15) is 0 Å². The van der Waals surface area contributed by atoms with E-state index in [1.807, 2.05) is 0 Å². The second-order valence-electron chi connectivity index (χ2n) is 16.6. The number of anilines is 6. The molecule has 1 aromatic heterocycles. The molecule has 0 N–H and O–H groups in total. The van der Waals surface area contributed by atoms with E-state index in [0.717, 1.165) is 28.4 Å². The molecule has 1 heterocycles. The average molecular weight is 740 g/mol. The van der Waals surface area contributed by atoms with Gasteiger partial charge >= 0.3 is 0 Å². The molecule has 0 radical (unpaired) electrons. The van der Waals surface area contributed by atoms with Gasteiger partial charge in [0, 0.05) is 50.6 Å². The fraction of sp³-hybridized carbons (Fsp3) is 0.148. The van der Waals surface area contributed by atoms with Crippen LogP contribution in [0.1, 0.15) is 48.6 Å². The molecule has 0 spiro atoms. The van der Waals surface area contributed by atoms with Crippen LogP contribution in [0.4, 0.5) is 34.1 Å². The Kier molecular flexibility index (Phi) is 8.97. The first-order chi connectivity index (χ1) is 27.5. The molecule has 9 aromatic rings. The highest BCUT2D eigenvalue weighted by molar-refractivity contribution is 6.14. The van der Waals surface area contributed by atoms with E-state index >= 15 is 0 Å². The van der Waals surface area contributed by atoms with Crippen molar-refractivity contribution in [1.82, 2.24) is 4.57 Å². The summed E-state index contributed by atoms with van der Waals surface area (Å²) in [5.74, 6) is 0. The highest BCUT2D eigenvalue weighted by Crippen LogP contribution is 2.43. The van der Waals surface area contributed by atoms with Crippen LogP contribution in [0, 0.1) is 27.7 Å². The van der Waals surface area contributed by atoms with Crippen molar-refractivity contribution in [3.8, 4) is 5.69 Å². The fourth-order valence-corrected chi connectivity index (χ4v) is 8.27. The third-order valence-corrected chi connectivity index (χ3v) is 11.5. The number of benzene rings is 8. The van der Waals surface area contributed by atoms with Crippen LogP contribution in [0.25, 0.3) is 38.3 Å². The number of aryl methyl sites for hydroxylation is 4. The third kappa shape index (κ3) is 6.63. The molecule has 0 saturated heterocycles. The molecule has 3 heteroatoms. The van der Waals surface area contributed by atoms with Gasteiger partial charge in [-0.1, -0.05) is 117 Å². The zero-order valence-corrected chi connectivity index (χ0v) is 34.0. The summed E-state index contributed by atoms with van der Waals surface area (Å²) in [5, 5.41) is 4.88. The molecular weight excluding hydrogens is 691 g/mol. The monoisotopic (exact) mass is 739 g/mol. The van der Waals surface area contributed by atoms with Crippen molar-refractivity contribution < 1.29 is 0 Å². The maximum Gasteiger partial charge on any atom is 0.0561 e. The number of hydrogen-bond acceptors (Lipinski definition) is 2. The number of rotatable bonds is 7. The normalized spacial score (nSPS) is 11.8. The number of aromatic nitrogens is 1. The maximum absolute atomic E-state index is 2.47. The Bertz CT molecular complexity index is 2910. The molecule has 0 aliphatic rings. The largest absolute Gasteiger partial charge is 0.310 e. The summed E-state index contributed by atoms with van der Waals surface area (Å²) < 4.78 is 2.47. The number of nitrogens with zero attached hydrogens (tertiary/aromatic N) is 3. The van der Waals surface area contributed by atoms with Gasteiger partial charge < -0.3 is 14.4 Å². The molecule has 0 atom stereocenters. The Morgan fingerprint density at radius 1 is 0.404 bits per heavy atom. The van der Waals surface area contributed by atoms with Crippen molar-refractivity contribution in [2.24, 2.45) is 0 Å². The van der Waals surface area contributed by atoms with Crippen molar-refractivity contribution in [1.29, 1.82) is 0 Å². The number of fused-ring (bicyclic) bond motifs is 4. The Labute approximate surface area is 337 Å². The first kappa shape index (κ1) is 36.1. The SMILES string of the molecule is Cc1ccc(N(c2ccc3cc4c5ccc(N(c6ccc(C)cc6)c6ccccc6C)cc5n(-c5ccc(C(C)(C)C)cc5)c4cc3c2)c2ccccc2C)cc1. The van der Waals surface area contributed by atoms with Crippen molar-refractivity contribution in [3.05, 3.63) is 198 Å². The summed E-state index contributed by atoms with van der Waals surface area (Å²) in [5.41, 5.74) is 16.7. The van der Waals surface area contributed by atoms with Crippen LogP contribution >= 0.6 is 0 Å². The van der Waals surface area contributed by atoms with E-state index in [4.69, 9.17) is 0 Å². The van der Waals surface area contributed by atoms with Crippen LogP contribution in [0.2, 0.25) is 0 Å². The standard InChI is InChI=1S/C54H49N3/c1-36-16-23-43(24-17-36)55(50-14-10-8-12-38(50)3)46-27-20-40-33-49-48-31-30-47(56(44-25-18-37(2)19-26-44)51-15-11-9-13-39(51)4)35-53(48)57(52(49)34-41(40)32-46)45-28-21-42(22-29-45)54(5,6)7/h8-35H,1-7H3. The number of hydrogen-bond donors (Lipinski definition) is 0. The van der Waals surface area contributed by atoms with Crippen molar-refractivity contribution in [2.75, 3.05) is 9.80 Å². The van der Waals surface area contributed by atoms with Crippen LogP contribution in [-0.2, 0) is 5.41 Å². The number of para-hydroxylation sites is 2. The first-order valence-corrected chi connectivity index (χ1v) is 20.0. The van der Waals surface area contributed by atoms with Gasteiger partial charge in [-0.2, -0.15) is 0 Å². The lowest BCUT2D eigenvalue weighted by Gasteiger charge is -2.27. The predicted molar refractivity (Wildman–Crippen MR) is 245 cm³/mol. The Balaban J connectivity index is 1.29. The summed E-state index contributed by atoms with van der Waals surface area (Å²) >= 11 is 0. The highest BCUT2D eigenvalue weighted by Gasteiger charge is 2.21. The van der Waals surface area contributed by atoms with Gasteiger partial charge in [-0.3, -0.25) is 0 Å². The molecular formula is C54H49N3. The van der Waals surface area contributed by atoms with E-state index in [9.17, 15) is 0 Å². The lowest BCUT2D eigenvalue weighted by atomic mass is 9.87. The van der Waals surface area contributed by atoms with Gasteiger partial charge in [0.05, 0.1) is 11.0 Å². The van der Waals surface area contributed by atoms with E-state index in [-0.39, 0.29) is 5.41 Å². The van der Waals surface area contributed by atoms with E-state index in [1.165, 1.54) is 71.8 Å². The fourth-order valence-electron chi connectivity index (χ4n) is 8.27. The van der Waals surface area contributed by atoms with Crippen molar-refractivity contribution in [2.45, 2.75) is 53.9 Å². The third-order valence-electron chi connectivity index (χ3n) is 11.5. The molecule has 0 saturated carbocycles. The van der Waals surface area contributed by atoms with Gasteiger partial charge in [-0.25, -0.2) is 0 Å². The Hall–Kier alpha value is -6.58. The molecule has 9 rings (SSSR count). The van der Waals surface area contributed by atoms with E-state index in [1.54, 1.807) is 0 Å². The van der Waals surface area contributed by atoms with Crippen molar-refractivity contribution >= 4 is 66.7 Å². The van der Waals surface area contributed by atoms with Crippen LogP contribution < -0.4 is 9.80 Å². The lowest BCUT2D eigenvalue weighted by Crippen LogP contribution is -2.11. The van der Waals surface area contributed by atoms with Gasteiger partial charge in [-0.15, -0.1) is 0 Å². The van der Waals surface area contributed by atoms with Gasteiger partial charge in [0.15, 0.2) is 0 Å². The minimum absolute atomic E-state index is 0.0572. The molecule has 57 heavy (non-hydrogen) atoms. The molecule has 0 aliphatic heterocycles. The van der Waals surface area contributed by atoms with Gasteiger partial charge in [0.25, 0.3) is 0 Å². The predicted octanol–water partition coefficient (Wildman–Crippen LogP) is 15.4. The first-order valence-electron chi connectivity index (χ1n) is 20.0. The lowest BCUT2D eigenvalue weighted by molar-refractivity contribution is 0.590. The second-order valence-corrected chi connectivity index (χ2v) is 16.6. The quantitative estimate of drug-likeness (QED) is 0.161. The minimum Gasteiger partial charge on any atom is -0.310 e. The molecule has 0 bridgehead atoms. The Morgan fingerprint density at radius 3 is 1.44 bits per heavy atom. The smallest absolute Gasteiger partial charge is 0.0561 e. The summed E-state index contributed by atoms with van der Waals surface area (Å²) in [6.07, 6.45) is 0. The molecule has 0 fully saturated rings. The van der Waals surface area contributed by atoms with Gasteiger partial charge in [0.2, 0.25) is 0 Å². The van der Waals surface area contributed by atoms with E-state index in [0.29, 0.717) is 0 Å². The van der Waals surface area contributed by atoms with Crippen LogP contribution in [0.5, 0.6) is 0 Å². The second kappa shape index (κ2) is 14.2. The molecule has 0 aliphatic carbocycles. The Morgan fingerprint density at radius 2 is 0.895 bits per heavy atom. The highest BCUT2D eigenvalue weighted by atomic mass is 15.2. The summed E-state index contributed by atoms with van der Waals surface area (Å²) in [6, 6.07) is 62.9. The van der Waals surface area contributed by atoms with Crippen LogP contribution in [0.15, 0.2) is 170 Å². The molecule has 0 amide bonds. The summed E-state index contributed by atoms with van der Waals surface area (Å²) in [7, 11) is 0. The summed E-state index contributed by atoms with van der Waals surface area (Å²) in [4.78, 5) is 4.78. The molecule has 8 aromatic carbocycles. The van der Waals surface area contributed by atoms with Crippen LogP contribution in [-0.4, -0.2) is 4.57 Å². The van der Waals surface area contributed by atoms with E-state index in [2.05, 4.69) is 233 Å². The topological polar surface area (TPSA) is 11.4 Å². The average Bonchev–Trinajstić information content (AvgIpc) is 3.52. The van der Waals surface area contributed by atoms with Gasteiger partial charge in [-0.05, 0) is 146 Å². The molecule has 3 nitrogen and oxygen atoms in total.